The van der Waals surface area contributed by atoms with Gasteiger partial charge in [-0.3, -0.25) is 4.99 Å². The summed E-state index contributed by atoms with van der Waals surface area (Å²) in [5, 5.41) is 0. The van der Waals surface area contributed by atoms with E-state index in [0.717, 1.165) is 29.9 Å². The van der Waals surface area contributed by atoms with Crippen molar-refractivity contribution in [3.8, 4) is 11.5 Å². The molecule has 0 aliphatic carbocycles. The molecule has 116 valence electrons. The molecular formula is C16H23NO4. The van der Waals surface area contributed by atoms with Crippen molar-refractivity contribution in [2.24, 2.45) is 4.99 Å². The topological polar surface area (TPSA) is 49.3 Å². The molecule has 21 heavy (non-hydrogen) atoms. The zero-order chi connectivity index (χ0) is 15.1. The first-order valence-corrected chi connectivity index (χ1v) is 7.13. The van der Waals surface area contributed by atoms with E-state index in [0.29, 0.717) is 19.8 Å². The molecule has 0 radical (unpaired) electrons. The maximum atomic E-state index is 5.81. The van der Waals surface area contributed by atoms with E-state index in [1.54, 1.807) is 21.3 Å². The lowest BCUT2D eigenvalue weighted by Crippen LogP contribution is -2.20. The summed E-state index contributed by atoms with van der Waals surface area (Å²) in [4.78, 5) is 4.49. The van der Waals surface area contributed by atoms with Crippen molar-refractivity contribution >= 4 is 6.21 Å². The smallest absolute Gasteiger partial charge is 0.161 e. The number of benzene rings is 1. The van der Waals surface area contributed by atoms with Gasteiger partial charge in [-0.25, -0.2) is 0 Å². The minimum atomic E-state index is 0.178. The first kappa shape index (κ1) is 15.8. The number of methoxy groups -OCH3 is 3. The van der Waals surface area contributed by atoms with Crippen LogP contribution in [0.3, 0.4) is 0 Å². The fourth-order valence-electron chi connectivity index (χ4n) is 2.36. The van der Waals surface area contributed by atoms with Gasteiger partial charge in [0, 0.05) is 33.5 Å². The minimum absolute atomic E-state index is 0.178. The molecule has 0 saturated carbocycles. The Hall–Kier alpha value is -1.59. The predicted octanol–water partition coefficient (Wildman–Crippen LogP) is 2.10. The van der Waals surface area contributed by atoms with Crippen LogP contribution in [-0.4, -0.2) is 53.4 Å². The molecule has 1 aromatic carbocycles. The summed E-state index contributed by atoms with van der Waals surface area (Å²) in [5.41, 5.74) is 2.30. The van der Waals surface area contributed by atoms with E-state index >= 15 is 0 Å². The van der Waals surface area contributed by atoms with E-state index < -0.39 is 0 Å². The van der Waals surface area contributed by atoms with E-state index in [4.69, 9.17) is 18.9 Å². The molecule has 0 fully saturated rings. The van der Waals surface area contributed by atoms with E-state index in [9.17, 15) is 0 Å². The Morgan fingerprint density at radius 1 is 1.10 bits per heavy atom. The zero-order valence-corrected chi connectivity index (χ0v) is 12.9. The van der Waals surface area contributed by atoms with Gasteiger partial charge in [0.1, 0.15) is 0 Å². The Labute approximate surface area is 125 Å². The van der Waals surface area contributed by atoms with Gasteiger partial charge in [-0.15, -0.1) is 0 Å². The van der Waals surface area contributed by atoms with Gasteiger partial charge in [0.2, 0.25) is 0 Å². The number of hydrogen-bond donors (Lipinski definition) is 0. The van der Waals surface area contributed by atoms with Crippen molar-refractivity contribution in [3.05, 3.63) is 23.3 Å². The maximum Gasteiger partial charge on any atom is 0.161 e. The average Bonchev–Trinajstić information content (AvgIpc) is 2.51. The minimum Gasteiger partial charge on any atom is -0.493 e. The van der Waals surface area contributed by atoms with Crippen LogP contribution in [0, 0.1) is 0 Å². The van der Waals surface area contributed by atoms with Gasteiger partial charge in [0.25, 0.3) is 0 Å². The quantitative estimate of drug-likeness (QED) is 0.689. The normalized spacial score (nSPS) is 16.6. The molecule has 0 aromatic heterocycles. The van der Waals surface area contributed by atoms with Crippen molar-refractivity contribution in [3.63, 3.8) is 0 Å². The molecule has 0 unspecified atom stereocenters. The molecule has 5 heteroatoms. The molecule has 1 aliphatic rings. The molecule has 0 N–H and O–H groups in total. The lowest BCUT2D eigenvalue weighted by Gasteiger charge is -2.20. The lowest BCUT2D eigenvalue weighted by atomic mass is 9.97. The van der Waals surface area contributed by atoms with Crippen LogP contribution in [0.4, 0.5) is 0 Å². The van der Waals surface area contributed by atoms with Crippen LogP contribution in [0.5, 0.6) is 11.5 Å². The SMILES string of the molecule is COCCCOc1cc2c(cc1OC)C=N[C@H](COC)C2. The number of nitrogens with zero attached hydrogens (tertiary/aromatic N) is 1. The van der Waals surface area contributed by atoms with E-state index in [2.05, 4.69) is 11.1 Å². The highest BCUT2D eigenvalue weighted by Gasteiger charge is 2.18. The van der Waals surface area contributed by atoms with Crippen molar-refractivity contribution in [2.75, 3.05) is 41.2 Å². The summed E-state index contributed by atoms with van der Waals surface area (Å²) in [6.07, 6.45) is 3.60. The Bertz CT molecular complexity index is 487. The van der Waals surface area contributed by atoms with Gasteiger partial charge >= 0.3 is 0 Å². The predicted molar refractivity (Wildman–Crippen MR) is 81.9 cm³/mol. The number of ether oxygens (including phenoxy) is 4. The first-order valence-electron chi connectivity index (χ1n) is 7.13. The second kappa shape index (κ2) is 8.00. The van der Waals surface area contributed by atoms with Crippen LogP contribution in [0.15, 0.2) is 17.1 Å². The van der Waals surface area contributed by atoms with E-state index in [1.807, 2.05) is 12.3 Å². The van der Waals surface area contributed by atoms with E-state index in [-0.39, 0.29) is 6.04 Å². The molecule has 1 heterocycles. The maximum absolute atomic E-state index is 5.81. The van der Waals surface area contributed by atoms with Gasteiger partial charge in [0.15, 0.2) is 11.5 Å². The van der Waals surface area contributed by atoms with Crippen LogP contribution in [0.2, 0.25) is 0 Å². The van der Waals surface area contributed by atoms with Gasteiger partial charge < -0.3 is 18.9 Å². The molecule has 0 bridgehead atoms. The largest absolute Gasteiger partial charge is 0.493 e. The molecule has 0 saturated heterocycles. The molecule has 1 aliphatic heterocycles. The fraction of sp³-hybridized carbons (Fsp3) is 0.562. The Morgan fingerprint density at radius 2 is 1.95 bits per heavy atom. The summed E-state index contributed by atoms with van der Waals surface area (Å²) >= 11 is 0. The van der Waals surface area contributed by atoms with Crippen molar-refractivity contribution in [2.45, 2.75) is 18.9 Å². The number of aliphatic imine (C=N–C) groups is 1. The molecule has 2 rings (SSSR count). The van der Waals surface area contributed by atoms with Gasteiger partial charge in [-0.1, -0.05) is 0 Å². The second-order valence-electron chi connectivity index (χ2n) is 4.99. The standard InChI is InChI=1S/C16H23NO4/c1-18-5-4-6-21-16-8-12-7-14(11-19-2)17-10-13(12)9-15(16)20-3/h8-10,14H,4-7,11H2,1-3H3/t14-/m0/s1. The summed E-state index contributed by atoms with van der Waals surface area (Å²) in [7, 11) is 5.04. The molecule has 5 nitrogen and oxygen atoms in total. The van der Waals surface area contributed by atoms with E-state index in [1.165, 1.54) is 5.56 Å². The highest BCUT2D eigenvalue weighted by molar-refractivity contribution is 5.84. The number of hydrogen-bond acceptors (Lipinski definition) is 5. The van der Waals surface area contributed by atoms with Crippen LogP contribution in [0.25, 0.3) is 0 Å². The highest BCUT2D eigenvalue weighted by atomic mass is 16.5. The Balaban J connectivity index is 2.11. The molecular weight excluding hydrogens is 270 g/mol. The summed E-state index contributed by atoms with van der Waals surface area (Å²) in [6.45, 7) is 1.93. The molecule has 0 spiro atoms. The van der Waals surface area contributed by atoms with Crippen molar-refractivity contribution < 1.29 is 18.9 Å². The van der Waals surface area contributed by atoms with Gasteiger partial charge in [0.05, 0.1) is 26.4 Å². The molecule has 1 atom stereocenters. The highest BCUT2D eigenvalue weighted by Crippen LogP contribution is 2.32. The lowest BCUT2D eigenvalue weighted by molar-refractivity contribution is 0.170. The van der Waals surface area contributed by atoms with Crippen molar-refractivity contribution in [1.29, 1.82) is 0 Å². The number of fused-ring (bicyclic) bond motifs is 1. The second-order valence-corrected chi connectivity index (χ2v) is 4.99. The third kappa shape index (κ3) is 4.19. The first-order chi connectivity index (χ1) is 10.3. The molecule has 1 aromatic rings. The van der Waals surface area contributed by atoms with Crippen LogP contribution >= 0.6 is 0 Å². The summed E-state index contributed by atoms with van der Waals surface area (Å²) < 4.78 is 21.4. The van der Waals surface area contributed by atoms with Gasteiger partial charge in [-0.05, 0) is 29.7 Å². The Morgan fingerprint density at radius 3 is 2.67 bits per heavy atom. The third-order valence-corrected chi connectivity index (χ3v) is 3.41. The fourth-order valence-corrected chi connectivity index (χ4v) is 2.36. The third-order valence-electron chi connectivity index (χ3n) is 3.41. The summed E-state index contributed by atoms with van der Waals surface area (Å²) in [6, 6.07) is 4.21. The molecule has 0 amide bonds. The van der Waals surface area contributed by atoms with Crippen molar-refractivity contribution in [1.82, 2.24) is 0 Å². The van der Waals surface area contributed by atoms with Crippen LogP contribution in [0.1, 0.15) is 17.5 Å². The zero-order valence-electron chi connectivity index (χ0n) is 12.9. The average molecular weight is 293 g/mol. The monoisotopic (exact) mass is 293 g/mol. The van der Waals surface area contributed by atoms with Crippen LogP contribution < -0.4 is 9.47 Å². The number of rotatable bonds is 8. The van der Waals surface area contributed by atoms with Crippen LogP contribution in [-0.2, 0) is 15.9 Å². The Kier molecular flexibility index (Phi) is 6.02. The van der Waals surface area contributed by atoms with Gasteiger partial charge in [-0.2, -0.15) is 0 Å². The summed E-state index contributed by atoms with van der Waals surface area (Å²) in [5.74, 6) is 1.52.